The van der Waals surface area contributed by atoms with Crippen LogP contribution in [-0.2, 0) is 35.1 Å². The Morgan fingerprint density at radius 3 is 2.14 bits per heavy atom. The first-order valence-electron chi connectivity index (χ1n) is 12.0. The van der Waals surface area contributed by atoms with Gasteiger partial charge in [0.1, 0.15) is 6.54 Å². The molecule has 2 amide bonds. The molecule has 6 nitrogen and oxygen atoms in total. The summed E-state index contributed by atoms with van der Waals surface area (Å²) in [5, 5.41) is 0. The van der Waals surface area contributed by atoms with Gasteiger partial charge in [-0.25, -0.2) is 0 Å². The topological polar surface area (TPSA) is 54.8 Å². The van der Waals surface area contributed by atoms with E-state index in [0.29, 0.717) is 31.8 Å². The van der Waals surface area contributed by atoms with Gasteiger partial charge >= 0.3 is 0 Å². The number of carbonyl (C=O) groups is 2. The van der Waals surface area contributed by atoms with Crippen LogP contribution in [0.15, 0.2) is 72.9 Å². The number of carbonyl (C=O) groups excluding carboxylic acids is 2. The van der Waals surface area contributed by atoms with Gasteiger partial charge in [-0.15, -0.1) is 0 Å². The van der Waals surface area contributed by atoms with Crippen LogP contribution in [0, 0.1) is 0 Å². The quantitative estimate of drug-likeness (QED) is 0.429. The molecule has 6 heteroatoms. The largest absolute Gasteiger partial charge is 0.383 e. The highest BCUT2D eigenvalue weighted by atomic mass is 16.5. The fourth-order valence-corrected chi connectivity index (χ4v) is 3.90. The summed E-state index contributed by atoms with van der Waals surface area (Å²) in [6.07, 6.45) is 1.97. The zero-order valence-electron chi connectivity index (χ0n) is 21.5. The van der Waals surface area contributed by atoms with Crippen LogP contribution in [0.1, 0.15) is 48.0 Å². The SMILES string of the molecule is COCCN(CC(=O)N(Cc1ccccc1)Cc1cccn1C)C(=O)c1ccc(C(C)(C)C)cc1. The van der Waals surface area contributed by atoms with Crippen molar-refractivity contribution in [2.75, 3.05) is 26.8 Å². The summed E-state index contributed by atoms with van der Waals surface area (Å²) in [5.41, 5.74) is 3.80. The lowest BCUT2D eigenvalue weighted by Gasteiger charge is -2.28. The first kappa shape index (κ1) is 26.2. The molecule has 0 aliphatic carbocycles. The predicted molar refractivity (Wildman–Crippen MR) is 139 cm³/mol. The normalized spacial score (nSPS) is 11.3. The van der Waals surface area contributed by atoms with E-state index in [9.17, 15) is 9.59 Å². The van der Waals surface area contributed by atoms with Crippen molar-refractivity contribution in [3.05, 3.63) is 95.3 Å². The molecule has 186 valence electrons. The number of hydrogen-bond donors (Lipinski definition) is 0. The van der Waals surface area contributed by atoms with Gasteiger partial charge in [0, 0.05) is 44.7 Å². The molecule has 0 aliphatic heterocycles. The first-order valence-corrected chi connectivity index (χ1v) is 12.0. The van der Waals surface area contributed by atoms with E-state index in [-0.39, 0.29) is 23.8 Å². The number of aromatic nitrogens is 1. The van der Waals surface area contributed by atoms with Crippen LogP contribution in [0.2, 0.25) is 0 Å². The summed E-state index contributed by atoms with van der Waals surface area (Å²) < 4.78 is 7.25. The highest BCUT2D eigenvalue weighted by Gasteiger charge is 2.24. The van der Waals surface area contributed by atoms with Crippen molar-refractivity contribution in [2.24, 2.45) is 7.05 Å². The molecule has 0 N–H and O–H groups in total. The van der Waals surface area contributed by atoms with Crippen LogP contribution in [0.25, 0.3) is 0 Å². The third kappa shape index (κ3) is 7.30. The molecule has 0 fully saturated rings. The molecule has 35 heavy (non-hydrogen) atoms. The average molecular weight is 476 g/mol. The lowest BCUT2D eigenvalue weighted by atomic mass is 9.86. The molecule has 0 saturated carbocycles. The van der Waals surface area contributed by atoms with E-state index >= 15 is 0 Å². The van der Waals surface area contributed by atoms with Crippen molar-refractivity contribution in [2.45, 2.75) is 39.3 Å². The van der Waals surface area contributed by atoms with Gasteiger partial charge in [-0.05, 0) is 40.8 Å². The molecule has 3 rings (SSSR count). The summed E-state index contributed by atoms with van der Waals surface area (Å²) in [5.74, 6) is -0.278. The van der Waals surface area contributed by atoms with Crippen molar-refractivity contribution >= 4 is 11.8 Å². The van der Waals surface area contributed by atoms with Gasteiger partial charge < -0.3 is 19.1 Å². The van der Waals surface area contributed by atoms with Crippen molar-refractivity contribution < 1.29 is 14.3 Å². The number of aryl methyl sites for hydroxylation is 1. The lowest BCUT2D eigenvalue weighted by molar-refractivity contribution is -0.133. The number of amides is 2. The molecule has 0 saturated heterocycles. The van der Waals surface area contributed by atoms with Crippen LogP contribution in [0.3, 0.4) is 0 Å². The summed E-state index contributed by atoms with van der Waals surface area (Å²) in [6.45, 7) is 8.03. The minimum absolute atomic E-state index is 0.00214. The lowest BCUT2D eigenvalue weighted by Crippen LogP contribution is -2.44. The third-order valence-corrected chi connectivity index (χ3v) is 6.15. The summed E-state index contributed by atoms with van der Waals surface area (Å²) >= 11 is 0. The van der Waals surface area contributed by atoms with Crippen LogP contribution in [0.5, 0.6) is 0 Å². The second-order valence-electron chi connectivity index (χ2n) is 9.89. The maximum Gasteiger partial charge on any atom is 0.254 e. The Morgan fingerprint density at radius 1 is 0.886 bits per heavy atom. The van der Waals surface area contributed by atoms with Gasteiger partial charge in [0.25, 0.3) is 5.91 Å². The molecule has 0 unspecified atom stereocenters. The second kappa shape index (κ2) is 11.8. The van der Waals surface area contributed by atoms with Gasteiger partial charge in [0.2, 0.25) is 5.91 Å². The maximum absolute atomic E-state index is 13.6. The van der Waals surface area contributed by atoms with Crippen molar-refractivity contribution in [3.63, 3.8) is 0 Å². The second-order valence-corrected chi connectivity index (χ2v) is 9.89. The van der Waals surface area contributed by atoms with E-state index in [1.54, 1.807) is 16.9 Å². The van der Waals surface area contributed by atoms with Gasteiger partial charge in [-0.2, -0.15) is 0 Å². The van der Waals surface area contributed by atoms with E-state index in [1.165, 1.54) is 0 Å². The minimum atomic E-state index is -0.172. The Morgan fingerprint density at radius 2 is 1.57 bits per heavy atom. The summed E-state index contributed by atoms with van der Waals surface area (Å²) in [4.78, 5) is 30.3. The Bertz CT molecular complexity index is 1100. The van der Waals surface area contributed by atoms with E-state index in [0.717, 1.165) is 16.8 Å². The van der Waals surface area contributed by atoms with Gasteiger partial charge in [-0.3, -0.25) is 9.59 Å². The molecule has 0 spiro atoms. The van der Waals surface area contributed by atoms with Crippen molar-refractivity contribution in [3.8, 4) is 0 Å². The highest BCUT2D eigenvalue weighted by molar-refractivity contribution is 5.96. The molecule has 3 aromatic rings. The van der Waals surface area contributed by atoms with E-state index < -0.39 is 0 Å². The molecule has 2 aromatic carbocycles. The van der Waals surface area contributed by atoms with E-state index in [2.05, 4.69) is 20.8 Å². The fraction of sp³-hybridized carbons (Fsp3) is 0.379. The predicted octanol–water partition coefficient (Wildman–Crippen LogP) is 4.64. The number of rotatable bonds is 10. The van der Waals surface area contributed by atoms with Crippen molar-refractivity contribution in [1.82, 2.24) is 14.4 Å². The Balaban J connectivity index is 1.81. The molecule has 0 bridgehead atoms. The monoisotopic (exact) mass is 475 g/mol. The zero-order chi connectivity index (χ0) is 25.4. The summed E-state index contributed by atoms with van der Waals surface area (Å²) in [7, 11) is 3.57. The van der Waals surface area contributed by atoms with Crippen LogP contribution >= 0.6 is 0 Å². The fourth-order valence-electron chi connectivity index (χ4n) is 3.90. The van der Waals surface area contributed by atoms with Gasteiger partial charge in [0.15, 0.2) is 0 Å². The molecule has 1 aromatic heterocycles. The molecule has 0 atom stereocenters. The molecular weight excluding hydrogens is 438 g/mol. The molecule has 0 radical (unpaired) electrons. The standard InChI is InChI=1S/C29H37N3O3/c1-29(2,3)25-15-13-24(14-16-25)28(34)31(18-19-35-5)22-27(33)32(20-23-10-7-6-8-11-23)21-26-12-9-17-30(26)4/h6-17H,18-22H2,1-5H3. The van der Waals surface area contributed by atoms with Gasteiger partial charge in [0.05, 0.1) is 13.2 Å². The van der Waals surface area contributed by atoms with Crippen LogP contribution < -0.4 is 0 Å². The Kier molecular flexibility index (Phi) is 8.88. The molecule has 1 heterocycles. The minimum Gasteiger partial charge on any atom is -0.383 e. The number of ether oxygens (including phenoxy) is 1. The number of nitrogens with zero attached hydrogens (tertiary/aromatic N) is 3. The Hall–Kier alpha value is -3.38. The molecular formula is C29H37N3O3. The van der Waals surface area contributed by atoms with Crippen LogP contribution in [0.4, 0.5) is 0 Å². The highest BCUT2D eigenvalue weighted by Crippen LogP contribution is 2.22. The summed E-state index contributed by atoms with van der Waals surface area (Å²) in [6, 6.07) is 21.6. The third-order valence-electron chi connectivity index (χ3n) is 6.15. The zero-order valence-corrected chi connectivity index (χ0v) is 21.5. The number of methoxy groups -OCH3 is 1. The smallest absolute Gasteiger partial charge is 0.254 e. The van der Waals surface area contributed by atoms with E-state index in [4.69, 9.17) is 4.74 Å². The van der Waals surface area contributed by atoms with Crippen molar-refractivity contribution in [1.29, 1.82) is 0 Å². The van der Waals surface area contributed by atoms with Gasteiger partial charge in [-0.1, -0.05) is 63.2 Å². The maximum atomic E-state index is 13.6. The Labute approximate surface area is 209 Å². The molecule has 0 aliphatic rings. The van der Waals surface area contributed by atoms with E-state index in [1.807, 2.05) is 84.5 Å². The van der Waals surface area contributed by atoms with Crippen LogP contribution in [-0.4, -0.2) is 53.0 Å². The average Bonchev–Trinajstić information content (AvgIpc) is 3.25. The number of benzene rings is 2. The first-order chi connectivity index (χ1) is 16.7. The number of hydrogen-bond acceptors (Lipinski definition) is 3.